The summed E-state index contributed by atoms with van der Waals surface area (Å²) in [6.07, 6.45) is 5.61. The molecule has 0 radical (unpaired) electrons. The fraction of sp³-hybridized carbons (Fsp3) is 0.312. The zero-order valence-corrected chi connectivity index (χ0v) is 12.7. The van der Waals surface area contributed by atoms with E-state index in [1.165, 1.54) is 0 Å². The number of rotatable bonds is 1. The average Bonchev–Trinajstić information content (AvgIpc) is 3.08. The minimum Gasteiger partial charge on any atom is -0.331 e. The first-order valence-electron chi connectivity index (χ1n) is 7.37. The van der Waals surface area contributed by atoms with Crippen molar-refractivity contribution in [1.82, 2.24) is 23.8 Å². The number of hydrogen-bond acceptors (Lipinski definition) is 3. The summed E-state index contributed by atoms with van der Waals surface area (Å²) in [5, 5.41) is 0. The number of amides is 1. The summed E-state index contributed by atoms with van der Waals surface area (Å²) in [6.45, 7) is 5.99. The average molecular weight is 295 g/mol. The third kappa shape index (κ3) is 1.91. The smallest absolute Gasteiger partial charge is 0.273 e. The van der Waals surface area contributed by atoms with E-state index in [9.17, 15) is 4.79 Å². The molecule has 112 valence electrons. The van der Waals surface area contributed by atoms with Crippen LogP contribution >= 0.6 is 0 Å². The summed E-state index contributed by atoms with van der Waals surface area (Å²) in [7, 11) is 0. The molecule has 0 saturated heterocycles. The lowest BCUT2D eigenvalue weighted by molar-refractivity contribution is 0.0703. The first-order chi connectivity index (χ1) is 10.6. The second-order valence-corrected chi connectivity index (χ2v) is 5.79. The highest BCUT2D eigenvalue weighted by atomic mass is 16.2. The van der Waals surface area contributed by atoms with E-state index in [1.807, 2.05) is 54.0 Å². The summed E-state index contributed by atoms with van der Waals surface area (Å²) in [6, 6.07) is 3.96. The molecule has 0 fully saturated rings. The highest BCUT2D eigenvalue weighted by Crippen LogP contribution is 2.19. The van der Waals surface area contributed by atoms with Crippen molar-refractivity contribution < 1.29 is 4.79 Å². The fourth-order valence-corrected chi connectivity index (χ4v) is 3.03. The fourth-order valence-electron chi connectivity index (χ4n) is 3.03. The van der Waals surface area contributed by atoms with Gasteiger partial charge in [-0.25, -0.2) is 9.97 Å². The number of pyridine rings is 1. The van der Waals surface area contributed by atoms with Crippen LogP contribution in [-0.4, -0.2) is 36.3 Å². The van der Waals surface area contributed by atoms with Crippen molar-refractivity contribution in [2.45, 2.75) is 26.9 Å². The highest BCUT2D eigenvalue weighted by molar-refractivity contribution is 5.94. The molecule has 0 unspecified atom stereocenters. The maximum absolute atomic E-state index is 13.0. The molecule has 6 heteroatoms. The Bertz CT molecular complexity index is 876. The van der Waals surface area contributed by atoms with Gasteiger partial charge in [0.2, 0.25) is 0 Å². The number of aromatic nitrogens is 4. The summed E-state index contributed by atoms with van der Waals surface area (Å²) < 4.78 is 3.99. The Morgan fingerprint density at radius 2 is 2.09 bits per heavy atom. The number of fused-ring (bicyclic) bond motifs is 2. The van der Waals surface area contributed by atoms with E-state index in [0.29, 0.717) is 18.8 Å². The van der Waals surface area contributed by atoms with Gasteiger partial charge in [-0.3, -0.25) is 9.20 Å². The van der Waals surface area contributed by atoms with Crippen LogP contribution in [0.5, 0.6) is 0 Å². The SMILES string of the molecule is Cc1ccc2nc(C)c(C(=O)N3CCn4cncc4C3)n2c1. The monoisotopic (exact) mass is 295 g/mol. The molecule has 0 spiro atoms. The van der Waals surface area contributed by atoms with Crippen LogP contribution in [0.2, 0.25) is 0 Å². The third-order valence-electron chi connectivity index (χ3n) is 4.19. The van der Waals surface area contributed by atoms with Gasteiger partial charge in [-0.15, -0.1) is 0 Å². The Balaban J connectivity index is 1.74. The van der Waals surface area contributed by atoms with Gasteiger partial charge in [0.25, 0.3) is 5.91 Å². The van der Waals surface area contributed by atoms with Crippen LogP contribution in [-0.2, 0) is 13.1 Å². The van der Waals surface area contributed by atoms with Crippen LogP contribution in [0.4, 0.5) is 0 Å². The number of hydrogen-bond donors (Lipinski definition) is 0. The van der Waals surface area contributed by atoms with Gasteiger partial charge >= 0.3 is 0 Å². The van der Waals surface area contributed by atoms with Crippen LogP contribution in [0, 0.1) is 13.8 Å². The molecule has 1 amide bonds. The normalized spacial score (nSPS) is 14.4. The summed E-state index contributed by atoms with van der Waals surface area (Å²) in [5.74, 6) is 0.0306. The molecule has 0 atom stereocenters. The van der Waals surface area contributed by atoms with Crippen LogP contribution in [0.1, 0.15) is 27.4 Å². The molecule has 1 aliphatic heterocycles. The molecule has 22 heavy (non-hydrogen) atoms. The van der Waals surface area contributed by atoms with Crippen molar-refractivity contribution in [1.29, 1.82) is 0 Å². The van der Waals surface area contributed by atoms with E-state index >= 15 is 0 Å². The Labute approximate surface area is 128 Å². The van der Waals surface area contributed by atoms with E-state index < -0.39 is 0 Å². The van der Waals surface area contributed by atoms with Gasteiger partial charge < -0.3 is 9.47 Å². The lowest BCUT2D eigenvalue weighted by atomic mass is 10.2. The predicted molar refractivity (Wildman–Crippen MR) is 81.6 cm³/mol. The third-order valence-corrected chi connectivity index (χ3v) is 4.19. The Morgan fingerprint density at radius 1 is 1.23 bits per heavy atom. The van der Waals surface area contributed by atoms with Crippen LogP contribution in [0.25, 0.3) is 5.65 Å². The standard InChI is InChI=1S/C16H17N5O/c1-11-3-4-14-18-12(2)15(21(14)8-11)16(22)19-5-6-20-10-17-7-13(20)9-19/h3-4,7-8,10H,5-6,9H2,1-2H3. The maximum Gasteiger partial charge on any atom is 0.273 e. The number of carbonyl (C=O) groups is 1. The molecular weight excluding hydrogens is 278 g/mol. The van der Waals surface area contributed by atoms with Crippen molar-refractivity contribution >= 4 is 11.6 Å². The van der Waals surface area contributed by atoms with Gasteiger partial charge in [0.1, 0.15) is 11.3 Å². The number of aryl methyl sites for hydroxylation is 2. The van der Waals surface area contributed by atoms with E-state index in [1.54, 1.807) is 0 Å². The van der Waals surface area contributed by atoms with Gasteiger partial charge in [0.15, 0.2) is 0 Å². The van der Waals surface area contributed by atoms with Crippen molar-refractivity contribution in [2.24, 2.45) is 0 Å². The van der Waals surface area contributed by atoms with Crippen LogP contribution in [0.15, 0.2) is 30.9 Å². The van der Waals surface area contributed by atoms with Crippen LogP contribution < -0.4 is 0 Å². The van der Waals surface area contributed by atoms with Gasteiger partial charge in [-0.05, 0) is 25.5 Å². The molecule has 4 rings (SSSR count). The van der Waals surface area contributed by atoms with E-state index in [2.05, 4.69) is 14.5 Å². The second-order valence-electron chi connectivity index (χ2n) is 5.79. The Kier molecular flexibility index (Phi) is 2.79. The van der Waals surface area contributed by atoms with E-state index in [0.717, 1.165) is 29.1 Å². The Hall–Kier alpha value is -2.63. The lowest BCUT2D eigenvalue weighted by Crippen LogP contribution is -2.38. The van der Waals surface area contributed by atoms with Crippen LogP contribution in [0.3, 0.4) is 0 Å². The first-order valence-corrected chi connectivity index (χ1v) is 7.37. The first kappa shape index (κ1) is 13.1. The number of carbonyl (C=O) groups excluding carboxylic acids is 1. The van der Waals surface area contributed by atoms with E-state index in [-0.39, 0.29) is 5.91 Å². The van der Waals surface area contributed by atoms with Crippen molar-refractivity contribution in [3.63, 3.8) is 0 Å². The zero-order valence-electron chi connectivity index (χ0n) is 12.7. The molecular formula is C16H17N5O. The summed E-state index contributed by atoms with van der Waals surface area (Å²) in [4.78, 5) is 23.5. The van der Waals surface area contributed by atoms with E-state index in [4.69, 9.17) is 0 Å². The largest absolute Gasteiger partial charge is 0.331 e. The number of imidazole rings is 2. The maximum atomic E-state index is 13.0. The molecule has 0 N–H and O–H groups in total. The molecule has 3 aromatic heterocycles. The highest BCUT2D eigenvalue weighted by Gasteiger charge is 2.26. The van der Waals surface area contributed by atoms with Crippen molar-refractivity contribution in [2.75, 3.05) is 6.54 Å². The summed E-state index contributed by atoms with van der Waals surface area (Å²) >= 11 is 0. The molecule has 4 heterocycles. The molecule has 0 bridgehead atoms. The predicted octanol–water partition coefficient (Wildman–Crippen LogP) is 1.80. The van der Waals surface area contributed by atoms with Gasteiger partial charge in [0, 0.05) is 25.5 Å². The zero-order chi connectivity index (χ0) is 15.3. The quantitative estimate of drug-likeness (QED) is 0.688. The van der Waals surface area contributed by atoms with Crippen molar-refractivity contribution in [3.8, 4) is 0 Å². The van der Waals surface area contributed by atoms with Gasteiger partial charge in [-0.1, -0.05) is 6.07 Å². The molecule has 0 aromatic carbocycles. The lowest BCUT2D eigenvalue weighted by Gasteiger charge is -2.28. The topological polar surface area (TPSA) is 55.4 Å². The minimum absolute atomic E-state index is 0.0306. The molecule has 0 aliphatic carbocycles. The summed E-state index contributed by atoms with van der Waals surface area (Å²) in [5.41, 5.74) is 4.42. The minimum atomic E-state index is 0.0306. The van der Waals surface area contributed by atoms with Crippen molar-refractivity contribution in [3.05, 3.63) is 53.5 Å². The number of nitrogens with zero attached hydrogens (tertiary/aromatic N) is 5. The van der Waals surface area contributed by atoms with Gasteiger partial charge in [-0.2, -0.15) is 0 Å². The molecule has 1 aliphatic rings. The molecule has 3 aromatic rings. The molecule has 0 saturated carbocycles. The molecule has 6 nitrogen and oxygen atoms in total. The second kappa shape index (κ2) is 4.69. The Morgan fingerprint density at radius 3 is 2.95 bits per heavy atom. The van der Waals surface area contributed by atoms with Gasteiger partial charge in [0.05, 0.1) is 24.3 Å².